The van der Waals surface area contributed by atoms with Gasteiger partial charge in [0.1, 0.15) is 17.3 Å². The number of anilines is 1. The zero-order chi connectivity index (χ0) is 23.3. The van der Waals surface area contributed by atoms with Crippen LogP contribution in [0.3, 0.4) is 0 Å². The zero-order valence-corrected chi connectivity index (χ0v) is 18.1. The minimum Gasteiger partial charge on any atom is -0.484 e. The molecule has 0 fully saturated rings. The van der Waals surface area contributed by atoms with Gasteiger partial charge in [0.05, 0.1) is 12.7 Å². The van der Waals surface area contributed by atoms with Gasteiger partial charge in [0, 0.05) is 29.0 Å². The third-order valence-corrected chi connectivity index (χ3v) is 5.22. The molecule has 7 nitrogen and oxygen atoms in total. The van der Waals surface area contributed by atoms with Gasteiger partial charge in [-0.15, -0.1) is 5.10 Å². The minimum atomic E-state index is -0.281. The monoisotopic (exact) mass is 453 g/mol. The third kappa shape index (κ3) is 5.07. The Labute approximate surface area is 194 Å². The van der Waals surface area contributed by atoms with Gasteiger partial charge in [0.15, 0.2) is 6.61 Å². The number of halogens is 1. The molecule has 1 amide bonds. The number of pyridine rings is 1. The number of nitrogens with one attached hydrogen (secondary N) is 1. The van der Waals surface area contributed by atoms with Crippen molar-refractivity contribution in [1.82, 2.24) is 20.0 Å². The molecule has 5 aromatic rings. The quantitative estimate of drug-likeness (QED) is 0.386. The van der Waals surface area contributed by atoms with E-state index in [1.54, 1.807) is 41.5 Å². The fourth-order valence-electron chi connectivity index (χ4n) is 3.56. The summed E-state index contributed by atoms with van der Waals surface area (Å²) in [7, 11) is 0. The molecule has 8 heteroatoms. The summed E-state index contributed by atoms with van der Waals surface area (Å²) in [6.45, 7) is 0.312. The Balaban J connectivity index is 1.16. The van der Waals surface area contributed by atoms with Crippen LogP contribution in [-0.2, 0) is 11.3 Å². The number of benzene rings is 3. The van der Waals surface area contributed by atoms with Crippen LogP contribution in [0.4, 0.5) is 10.1 Å². The summed E-state index contributed by atoms with van der Waals surface area (Å²) in [6.07, 6.45) is 5.29. The topological polar surface area (TPSA) is 81.9 Å². The van der Waals surface area contributed by atoms with Crippen molar-refractivity contribution >= 4 is 22.4 Å². The van der Waals surface area contributed by atoms with Crippen molar-refractivity contribution < 1.29 is 13.9 Å². The molecular formula is C26H20FN5O2. The minimum absolute atomic E-state index is 0.114. The Morgan fingerprint density at radius 1 is 1.00 bits per heavy atom. The van der Waals surface area contributed by atoms with E-state index in [9.17, 15) is 9.18 Å². The average Bonchev–Trinajstić information content (AvgIpc) is 3.31. The van der Waals surface area contributed by atoms with Crippen molar-refractivity contribution in [3.05, 3.63) is 103 Å². The number of hydrogen-bond donors (Lipinski definition) is 1. The van der Waals surface area contributed by atoms with Crippen LogP contribution in [0.2, 0.25) is 0 Å². The molecule has 0 aliphatic carbocycles. The Morgan fingerprint density at radius 3 is 2.74 bits per heavy atom. The molecule has 1 N–H and O–H groups in total. The molecule has 0 aliphatic heterocycles. The van der Waals surface area contributed by atoms with Crippen LogP contribution in [0.25, 0.3) is 22.0 Å². The maximum atomic E-state index is 13.4. The maximum Gasteiger partial charge on any atom is 0.262 e. The molecule has 34 heavy (non-hydrogen) atoms. The molecule has 5 rings (SSSR count). The Kier molecular flexibility index (Phi) is 5.94. The SMILES string of the molecule is O=C(COc1ccc(-c2cn(Cc3cccc(F)c3)nn2)cc1)Nc1ccc2cnccc2c1. The summed E-state index contributed by atoms with van der Waals surface area (Å²) in [6, 6.07) is 21.2. The van der Waals surface area contributed by atoms with E-state index in [4.69, 9.17) is 4.74 Å². The Bertz CT molecular complexity index is 1450. The molecule has 0 spiro atoms. The lowest BCUT2D eigenvalue weighted by molar-refractivity contribution is -0.118. The predicted molar refractivity (Wildman–Crippen MR) is 127 cm³/mol. The second-order valence-corrected chi connectivity index (χ2v) is 7.73. The van der Waals surface area contributed by atoms with Crippen LogP contribution in [0.15, 0.2) is 91.4 Å². The second kappa shape index (κ2) is 9.50. The molecule has 0 aliphatic rings. The highest BCUT2D eigenvalue weighted by Crippen LogP contribution is 2.21. The molecule has 168 valence electrons. The van der Waals surface area contributed by atoms with Gasteiger partial charge in [-0.25, -0.2) is 9.07 Å². The van der Waals surface area contributed by atoms with Crippen LogP contribution in [0, 0.1) is 5.82 Å². The largest absolute Gasteiger partial charge is 0.484 e. The van der Waals surface area contributed by atoms with E-state index in [1.165, 1.54) is 12.1 Å². The first kappa shape index (κ1) is 21.3. The molecule has 0 unspecified atom stereocenters. The first-order valence-corrected chi connectivity index (χ1v) is 10.6. The van der Waals surface area contributed by atoms with Crippen molar-refractivity contribution in [3.63, 3.8) is 0 Å². The Hall–Kier alpha value is -4.59. The highest BCUT2D eigenvalue weighted by atomic mass is 19.1. The lowest BCUT2D eigenvalue weighted by Gasteiger charge is -2.08. The van der Waals surface area contributed by atoms with Gasteiger partial charge in [0.2, 0.25) is 0 Å². The Morgan fingerprint density at radius 2 is 1.88 bits per heavy atom. The van der Waals surface area contributed by atoms with E-state index >= 15 is 0 Å². The lowest BCUT2D eigenvalue weighted by atomic mass is 10.1. The summed E-state index contributed by atoms with van der Waals surface area (Å²) >= 11 is 0. The van der Waals surface area contributed by atoms with Crippen LogP contribution in [0.1, 0.15) is 5.56 Å². The molecule has 2 aromatic heterocycles. The predicted octanol–water partition coefficient (Wildman–Crippen LogP) is 4.70. The van der Waals surface area contributed by atoms with Gasteiger partial charge in [-0.05, 0) is 65.5 Å². The number of ether oxygens (including phenoxy) is 1. The van der Waals surface area contributed by atoms with E-state index in [1.807, 2.05) is 42.5 Å². The van der Waals surface area contributed by atoms with Crippen LogP contribution < -0.4 is 10.1 Å². The summed E-state index contributed by atoms with van der Waals surface area (Å²) in [5.74, 6) is 0.0327. The fourth-order valence-corrected chi connectivity index (χ4v) is 3.56. The van der Waals surface area contributed by atoms with E-state index in [0.29, 0.717) is 23.7 Å². The van der Waals surface area contributed by atoms with E-state index in [2.05, 4.69) is 20.6 Å². The van der Waals surface area contributed by atoms with Gasteiger partial charge < -0.3 is 10.1 Å². The summed E-state index contributed by atoms with van der Waals surface area (Å²) in [5, 5.41) is 13.1. The summed E-state index contributed by atoms with van der Waals surface area (Å²) in [5.41, 5.74) is 3.04. The average molecular weight is 453 g/mol. The van der Waals surface area contributed by atoms with Gasteiger partial charge in [-0.3, -0.25) is 9.78 Å². The van der Waals surface area contributed by atoms with E-state index in [-0.39, 0.29) is 18.3 Å². The summed E-state index contributed by atoms with van der Waals surface area (Å²) < 4.78 is 20.6. The van der Waals surface area contributed by atoms with Gasteiger partial charge in [0.25, 0.3) is 5.91 Å². The zero-order valence-electron chi connectivity index (χ0n) is 18.1. The van der Waals surface area contributed by atoms with Crippen molar-refractivity contribution in [2.75, 3.05) is 11.9 Å². The van der Waals surface area contributed by atoms with E-state index in [0.717, 1.165) is 21.9 Å². The van der Waals surface area contributed by atoms with Crippen molar-refractivity contribution in [3.8, 4) is 17.0 Å². The molecular weight excluding hydrogens is 433 g/mol. The number of amides is 1. The summed E-state index contributed by atoms with van der Waals surface area (Å²) in [4.78, 5) is 16.4. The maximum absolute atomic E-state index is 13.4. The van der Waals surface area contributed by atoms with Crippen molar-refractivity contribution in [2.45, 2.75) is 6.54 Å². The van der Waals surface area contributed by atoms with Crippen LogP contribution >= 0.6 is 0 Å². The molecule has 0 radical (unpaired) electrons. The number of carbonyl (C=O) groups excluding carboxylic acids is 1. The van der Waals surface area contributed by atoms with E-state index < -0.39 is 0 Å². The van der Waals surface area contributed by atoms with Crippen LogP contribution in [0.5, 0.6) is 5.75 Å². The number of carbonyl (C=O) groups is 1. The van der Waals surface area contributed by atoms with Crippen molar-refractivity contribution in [1.29, 1.82) is 0 Å². The molecule has 3 aromatic carbocycles. The fraction of sp³-hybridized carbons (Fsp3) is 0.0769. The van der Waals surface area contributed by atoms with Gasteiger partial charge >= 0.3 is 0 Å². The normalized spacial score (nSPS) is 10.9. The lowest BCUT2D eigenvalue weighted by Crippen LogP contribution is -2.20. The molecule has 0 bridgehead atoms. The molecule has 2 heterocycles. The van der Waals surface area contributed by atoms with Crippen molar-refractivity contribution in [2.24, 2.45) is 0 Å². The molecule has 0 saturated heterocycles. The number of aromatic nitrogens is 4. The standard InChI is InChI=1S/C26H20FN5O2/c27-22-3-1-2-18(12-22)15-32-16-25(30-31-32)19-5-8-24(9-6-19)34-17-26(33)29-23-7-4-21-14-28-11-10-20(21)13-23/h1-14,16H,15,17H2,(H,29,33). The van der Waals surface area contributed by atoms with Gasteiger partial charge in [-0.2, -0.15) is 0 Å². The number of hydrogen-bond acceptors (Lipinski definition) is 5. The highest BCUT2D eigenvalue weighted by Gasteiger charge is 2.08. The van der Waals surface area contributed by atoms with Gasteiger partial charge in [-0.1, -0.05) is 23.4 Å². The first-order valence-electron chi connectivity index (χ1n) is 10.6. The third-order valence-electron chi connectivity index (χ3n) is 5.22. The number of nitrogens with zero attached hydrogens (tertiary/aromatic N) is 4. The molecule has 0 saturated carbocycles. The second-order valence-electron chi connectivity index (χ2n) is 7.73. The molecule has 0 atom stereocenters. The first-order chi connectivity index (χ1) is 16.6. The number of rotatable bonds is 7. The highest BCUT2D eigenvalue weighted by molar-refractivity contribution is 5.95. The van der Waals surface area contributed by atoms with Crippen LogP contribution in [-0.4, -0.2) is 32.5 Å². The smallest absolute Gasteiger partial charge is 0.262 e. The number of fused-ring (bicyclic) bond motifs is 1.